The van der Waals surface area contributed by atoms with E-state index in [4.69, 9.17) is 9.47 Å². The van der Waals surface area contributed by atoms with E-state index in [2.05, 4.69) is 4.98 Å². The molecule has 0 bridgehead atoms. The molecule has 0 saturated carbocycles. The van der Waals surface area contributed by atoms with E-state index in [0.29, 0.717) is 30.0 Å². The molecule has 0 saturated heterocycles. The van der Waals surface area contributed by atoms with Crippen molar-refractivity contribution in [3.8, 4) is 17.2 Å². The highest BCUT2D eigenvalue weighted by Crippen LogP contribution is 2.41. The number of benzene rings is 1. The predicted octanol–water partition coefficient (Wildman–Crippen LogP) is 2.80. The van der Waals surface area contributed by atoms with Crippen LogP contribution in [0.1, 0.15) is 28.2 Å². The van der Waals surface area contributed by atoms with Crippen LogP contribution in [-0.2, 0) is 13.0 Å². The Bertz CT molecular complexity index is 1280. The summed E-state index contributed by atoms with van der Waals surface area (Å²) in [6.45, 7) is 2.86. The van der Waals surface area contributed by atoms with E-state index in [9.17, 15) is 18.4 Å². The molecule has 10 heteroatoms. The van der Waals surface area contributed by atoms with Gasteiger partial charge in [0.1, 0.15) is 18.0 Å². The minimum atomic E-state index is -3.22. The zero-order valence-electron chi connectivity index (χ0n) is 18.0. The number of aryl methyl sites for hydroxylation is 2. The van der Waals surface area contributed by atoms with Crippen LogP contribution in [0, 0.1) is 6.92 Å². The summed E-state index contributed by atoms with van der Waals surface area (Å²) < 4.78 is 41.0. The Balaban J connectivity index is 1.28. The number of carbonyl (C=O) groups is 1. The zero-order valence-corrected chi connectivity index (χ0v) is 18.0. The maximum atomic E-state index is 13.7. The number of imidazole rings is 1. The number of rotatable bonds is 5. The van der Waals surface area contributed by atoms with Crippen molar-refractivity contribution in [1.29, 1.82) is 0 Å². The number of amides is 1. The molecule has 2 aromatic heterocycles. The summed E-state index contributed by atoms with van der Waals surface area (Å²) in [5, 5.41) is 0. The lowest BCUT2D eigenvalue weighted by atomic mass is 10.1. The van der Waals surface area contributed by atoms with Crippen molar-refractivity contribution in [3.05, 3.63) is 70.2 Å². The molecular formula is C23H22F2N4O4. The molecule has 0 unspecified atom stereocenters. The number of alkyl halides is 2. The molecule has 172 valence electrons. The maximum absolute atomic E-state index is 13.7. The molecule has 3 aromatic rings. The summed E-state index contributed by atoms with van der Waals surface area (Å²) in [6.07, 6.45) is -0.0708. The number of para-hydroxylation sites is 1. The molecule has 0 fully saturated rings. The molecule has 0 atom stereocenters. The van der Waals surface area contributed by atoms with Crippen LogP contribution in [0.15, 0.2) is 47.7 Å². The molecule has 4 heterocycles. The molecule has 33 heavy (non-hydrogen) atoms. The Hall–Kier alpha value is -3.69. The Kier molecular flexibility index (Phi) is 5.15. The predicted molar refractivity (Wildman–Crippen MR) is 114 cm³/mol. The average Bonchev–Trinajstić information content (AvgIpc) is 3.21. The molecule has 2 aliphatic rings. The van der Waals surface area contributed by atoms with Gasteiger partial charge in [-0.05, 0) is 37.1 Å². The third-order valence-electron chi connectivity index (χ3n) is 5.86. The van der Waals surface area contributed by atoms with Crippen LogP contribution in [0.5, 0.6) is 11.5 Å². The van der Waals surface area contributed by atoms with E-state index in [1.54, 1.807) is 52.3 Å². The fourth-order valence-corrected chi connectivity index (χ4v) is 4.16. The van der Waals surface area contributed by atoms with Gasteiger partial charge in [-0.2, -0.15) is 8.78 Å². The van der Waals surface area contributed by atoms with Crippen LogP contribution in [-0.4, -0.2) is 50.7 Å². The summed E-state index contributed by atoms with van der Waals surface area (Å²) in [4.78, 5) is 31.6. The van der Waals surface area contributed by atoms with E-state index in [1.165, 1.54) is 4.57 Å². The van der Waals surface area contributed by atoms with Crippen LogP contribution in [0.2, 0.25) is 0 Å². The second-order valence-electron chi connectivity index (χ2n) is 8.11. The Morgan fingerprint density at radius 3 is 2.82 bits per heavy atom. The third kappa shape index (κ3) is 3.96. The van der Waals surface area contributed by atoms with Crippen LogP contribution >= 0.6 is 0 Å². The Morgan fingerprint density at radius 2 is 2.03 bits per heavy atom. The molecule has 0 aliphatic carbocycles. The van der Waals surface area contributed by atoms with Gasteiger partial charge in [-0.1, -0.05) is 12.1 Å². The van der Waals surface area contributed by atoms with Gasteiger partial charge in [0, 0.05) is 19.3 Å². The first-order valence-corrected chi connectivity index (χ1v) is 10.7. The highest BCUT2D eigenvalue weighted by atomic mass is 19.3. The lowest BCUT2D eigenvalue weighted by Crippen LogP contribution is -2.46. The quantitative estimate of drug-likeness (QED) is 0.590. The van der Waals surface area contributed by atoms with Crippen LogP contribution in [0.3, 0.4) is 0 Å². The lowest BCUT2D eigenvalue weighted by molar-refractivity contribution is -0.187. The highest BCUT2D eigenvalue weighted by Gasteiger charge is 2.37. The number of hydrogen-bond acceptors (Lipinski definition) is 5. The summed E-state index contributed by atoms with van der Waals surface area (Å²) in [7, 11) is 0. The van der Waals surface area contributed by atoms with Crippen molar-refractivity contribution in [3.63, 3.8) is 0 Å². The van der Waals surface area contributed by atoms with Crippen LogP contribution < -0.4 is 15.0 Å². The van der Waals surface area contributed by atoms with Crippen molar-refractivity contribution in [2.24, 2.45) is 0 Å². The number of halogens is 2. The first-order valence-electron chi connectivity index (χ1n) is 10.7. The van der Waals surface area contributed by atoms with Crippen molar-refractivity contribution >= 4 is 5.91 Å². The van der Waals surface area contributed by atoms with E-state index < -0.39 is 6.11 Å². The monoisotopic (exact) mass is 456 g/mol. The van der Waals surface area contributed by atoms with Gasteiger partial charge in [0.05, 0.1) is 25.0 Å². The second kappa shape index (κ2) is 8.02. The highest BCUT2D eigenvalue weighted by molar-refractivity contribution is 5.93. The van der Waals surface area contributed by atoms with Gasteiger partial charge in [-0.15, -0.1) is 0 Å². The van der Waals surface area contributed by atoms with E-state index in [-0.39, 0.29) is 49.0 Å². The fraction of sp³-hybridized carbons (Fsp3) is 0.348. The van der Waals surface area contributed by atoms with Gasteiger partial charge in [0.25, 0.3) is 11.5 Å². The van der Waals surface area contributed by atoms with Gasteiger partial charge in [-0.25, -0.2) is 4.98 Å². The number of aromatic nitrogens is 3. The van der Waals surface area contributed by atoms with Gasteiger partial charge in [0.2, 0.25) is 0 Å². The topological polar surface area (TPSA) is 78.6 Å². The fourth-order valence-electron chi connectivity index (χ4n) is 4.16. The van der Waals surface area contributed by atoms with Gasteiger partial charge < -0.3 is 23.5 Å². The number of nitrogens with zero attached hydrogens (tertiary/aromatic N) is 4. The second-order valence-corrected chi connectivity index (χ2v) is 8.11. The number of carbonyl (C=O) groups excluding carboxylic acids is 1. The third-order valence-corrected chi connectivity index (χ3v) is 5.86. The van der Waals surface area contributed by atoms with Crippen molar-refractivity contribution in [2.45, 2.75) is 32.4 Å². The summed E-state index contributed by atoms with van der Waals surface area (Å²) in [5.41, 5.74) is 1.92. The molecule has 0 N–H and O–H groups in total. The normalized spacial score (nSPS) is 16.7. The van der Waals surface area contributed by atoms with Crippen molar-refractivity contribution in [1.82, 2.24) is 19.0 Å². The standard InChI is InChI=1S/C23H22F2N4O4/c1-15-13-28(14-26-15)17-5-6-18-21(30)27(9-10-29(18)22(17)31)11-12-32-19-4-2-3-16-7-8-23(24,25)33-20(16)19/h2-6,13-14H,7-12H2,1H3. The number of ether oxygens (including phenoxy) is 2. The van der Waals surface area contributed by atoms with Crippen LogP contribution in [0.4, 0.5) is 8.78 Å². The summed E-state index contributed by atoms with van der Waals surface area (Å²) >= 11 is 0. The molecule has 5 rings (SSSR count). The summed E-state index contributed by atoms with van der Waals surface area (Å²) in [6, 6.07) is 8.28. The number of pyridine rings is 1. The molecule has 0 spiro atoms. The number of hydrogen-bond donors (Lipinski definition) is 0. The van der Waals surface area contributed by atoms with Gasteiger partial charge in [0.15, 0.2) is 11.5 Å². The maximum Gasteiger partial charge on any atom is 0.398 e. The molecular weight excluding hydrogens is 434 g/mol. The van der Waals surface area contributed by atoms with Crippen molar-refractivity contribution in [2.75, 3.05) is 19.7 Å². The van der Waals surface area contributed by atoms with Crippen molar-refractivity contribution < 1.29 is 23.0 Å². The minimum Gasteiger partial charge on any atom is -0.488 e. The lowest BCUT2D eigenvalue weighted by Gasteiger charge is -2.30. The zero-order chi connectivity index (χ0) is 23.2. The molecule has 1 amide bonds. The number of fused-ring (bicyclic) bond motifs is 2. The van der Waals surface area contributed by atoms with E-state index in [0.717, 1.165) is 5.69 Å². The SMILES string of the molecule is Cc1cn(-c2ccc3n(c2=O)CCN(CCOc2cccc4c2OC(F)(F)CC4)C3=O)cn1. The van der Waals surface area contributed by atoms with E-state index >= 15 is 0 Å². The van der Waals surface area contributed by atoms with Crippen LogP contribution in [0.25, 0.3) is 5.69 Å². The molecule has 2 aliphatic heterocycles. The van der Waals surface area contributed by atoms with Gasteiger partial charge >= 0.3 is 6.11 Å². The van der Waals surface area contributed by atoms with Gasteiger partial charge in [-0.3, -0.25) is 9.59 Å². The molecule has 8 nitrogen and oxygen atoms in total. The first kappa shape index (κ1) is 21.2. The smallest absolute Gasteiger partial charge is 0.398 e. The molecule has 0 radical (unpaired) electrons. The van der Waals surface area contributed by atoms with E-state index in [1.807, 2.05) is 6.92 Å². The molecule has 1 aromatic carbocycles. The largest absolute Gasteiger partial charge is 0.488 e. The average molecular weight is 456 g/mol. The Labute approximate surface area is 188 Å². The Morgan fingerprint density at radius 1 is 1.18 bits per heavy atom. The summed E-state index contributed by atoms with van der Waals surface area (Å²) in [5.74, 6) is -0.000655. The first-order chi connectivity index (χ1) is 15.8. The minimum absolute atomic E-state index is 0.0536.